The fourth-order valence-corrected chi connectivity index (χ4v) is 1.79. The molecular weight excluding hydrogens is 286 g/mol. The molecule has 0 atom stereocenters. The van der Waals surface area contributed by atoms with E-state index in [9.17, 15) is 14.4 Å². The van der Waals surface area contributed by atoms with E-state index in [2.05, 4.69) is 12.6 Å². The average molecular weight is 288 g/mol. The SMILES string of the molecule is O=C(Cl)c1oc(S)c(C(=O)Cl)c1C(=O)Cl. The molecule has 0 radical (unpaired) electrons. The van der Waals surface area contributed by atoms with Crippen molar-refractivity contribution in [3.63, 3.8) is 0 Å². The van der Waals surface area contributed by atoms with Gasteiger partial charge in [-0.3, -0.25) is 14.4 Å². The highest BCUT2D eigenvalue weighted by Crippen LogP contribution is 2.29. The molecule has 0 fully saturated rings. The lowest BCUT2D eigenvalue weighted by Gasteiger charge is -1.92. The maximum Gasteiger partial charge on any atom is 0.288 e. The van der Waals surface area contributed by atoms with Gasteiger partial charge >= 0.3 is 0 Å². The minimum absolute atomic E-state index is 0.289. The highest BCUT2D eigenvalue weighted by Gasteiger charge is 2.29. The van der Waals surface area contributed by atoms with Gasteiger partial charge in [0.05, 0.1) is 11.1 Å². The van der Waals surface area contributed by atoms with Crippen LogP contribution < -0.4 is 0 Å². The molecule has 1 aromatic rings. The molecule has 0 unspecified atom stereocenters. The molecule has 0 saturated heterocycles. The molecule has 0 aliphatic carbocycles. The molecule has 1 aromatic heterocycles. The third-order valence-electron chi connectivity index (χ3n) is 1.46. The number of halogens is 3. The van der Waals surface area contributed by atoms with Crippen molar-refractivity contribution in [2.24, 2.45) is 0 Å². The first-order chi connectivity index (χ1) is 6.86. The number of hydrogen-bond acceptors (Lipinski definition) is 5. The van der Waals surface area contributed by atoms with Gasteiger partial charge in [0.15, 0.2) is 5.09 Å². The van der Waals surface area contributed by atoms with E-state index in [0.717, 1.165) is 0 Å². The third kappa shape index (κ3) is 2.36. The number of hydrogen-bond donors (Lipinski definition) is 1. The van der Waals surface area contributed by atoms with E-state index in [0.29, 0.717) is 0 Å². The molecule has 0 saturated carbocycles. The molecule has 80 valence electrons. The summed E-state index contributed by atoms with van der Waals surface area (Å²) in [7, 11) is 0. The molecule has 8 heteroatoms. The van der Waals surface area contributed by atoms with E-state index in [1.807, 2.05) is 0 Å². The van der Waals surface area contributed by atoms with Gasteiger partial charge in [-0.1, -0.05) is 0 Å². The fraction of sp³-hybridized carbons (Fsp3) is 0. The zero-order chi connectivity index (χ0) is 11.7. The van der Waals surface area contributed by atoms with Crippen LogP contribution >= 0.6 is 47.4 Å². The first-order valence-corrected chi connectivity index (χ1v) is 4.89. The van der Waals surface area contributed by atoms with Crippen LogP contribution in [0.3, 0.4) is 0 Å². The Morgan fingerprint density at radius 1 is 0.933 bits per heavy atom. The number of carbonyl (C=O) groups excluding carboxylic acids is 3. The van der Waals surface area contributed by atoms with Crippen LogP contribution in [-0.4, -0.2) is 15.7 Å². The molecule has 15 heavy (non-hydrogen) atoms. The fourth-order valence-electron chi connectivity index (χ4n) is 0.927. The first-order valence-electron chi connectivity index (χ1n) is 3.31. The van der Waals surface area contributed by atoms with Gasteiger partial charge in [-0.05, 0) is 34.8 Å². The van der Waals surface area contributed by atoms with E-state index in [4.69, 9.17) is 39.2 Å². The second kappa shape index (κ2) is 4.57. The van der Waals surface area contributed by atoms with E-state index in [1.165, 1.54) is 0 Å². The van der Waals surface area contributed by atoms with Crippen LogP contribution in [0.2, 0.25) is 0 Å². The molecule has 0 bridgehead atoms. The molecule has 1 heterocycles. The summed E-state index contributed by atoms with van der Waals surface area (Å²) in [5, 5.41) is -3.45. The predicted octanol–water partition coefficient (Wildman–Crippen LogP) is 2.71. The van der Waals surface area contributed by atoms with Crippen molar-refractivity contribution < 1.29 is 18.8 Å². The summed E-state index contributed by atoms with van der Waals surface area (Å²) in [6.07, 6.45) is 0. The van der Waals surface area contributed by atoms with Gasteiger partial charge in [-0.25, -0.2) is 0 Å². The monoisotopic (exact) mass is 286 g/mol. The molecule has 0 N–H and O–H groups in total. The topological polar surface area (TPSA) is 64.3 Å². The van der Waals surface area contributed by atoms with Gasteiger partial charge in [0.2, 0.25) is 5.76 Å². The summed E-state index contributed by atoms with van der Waals surface area (Å²) in [4.78, 5) is 32.7. The maximum atomic E-state index is 11.0. The molecule has 0 aromatic carbocycles. The molecular formula is C7HCl3O4S. The summed E-state index contributed by atoms with van der Waals surface area (Å²) in [5.74, 6) is -0.550. The Morgan fingerprint density at radius 2 is 1.40 bits per heavy atom. The van der Waals surface area contributed by atoms with Gasteiger partial charge in [-0.15, -0.1) is 12.6 Å². The Hall–Kier alpha value is -0.490. The van der Waals surface area contributed by atoms with Crippen LogP contribution in [0.25, 0.3) is 0 Å². The number of carbonyl (C=O) groups is 3. The van der Waals surface area contributed by atoms with Gasteiger partial charge in [-0.2, -0.15) is 0 Å². The minimum atomic E-state index is -1.08. The van der Waals surface area contributed by atoms with Crippen molar-refractivity contribution in [3.8, 4) is 0 Å². The van der Waals surface area contributed by atoms with Gasteiger partial charge < -0.3 is 4.42 Å². The first kappa shape index (κ1) is 12.6. The number of rotatable bonds is 3. The van der Waals surface area contributed by atoms with E-state index in [1.54, 1.807) is 0 Å². The lowest BCUT2D eigenvalue weighted by atomic mass is 10.2. The molecule has 4 nitrogen and oxygen atoms in total. The van der Waals surface area contributed by atoms with E-state index >= 15 is 0 Å². The predicted molar refractivity (Wildman–Crippen MR) is 56.5 cm³/mol. The molecule has 0 spiro atoms. The van der Waals surface area contributed by atoms with Crippen LogP contribution in [0, 0.1) is 0 Å². The highest BCUT2D eigenvalue weighted by atomic mass is 35.5. The molecule has 0 aliphatic heterocycles. The van der Waals surface area contributed by atoms with Crippen molar-refractivity contribution >= 4 is 63.2 Å². The van der Waals surface area contributed by atoms with Crippen molar-refractivity contribution in [1.29, 1.82) is 0 Å². The molecule has 0 aliphatic rings. The van der Waals surface area contributed by atoms with Gasteiger partial charge in [0, 0.05) is 0 Å². The summed E-state index contributed by atoms with van der Waals surface area (Å²) in [5.41, 5.74) is -0.842. The number of thiol groups is 1. The van der Waals surface area contributed by atoms with Crippen LogP contribution in [0.1, 0.15) is 31.3 Å². The Kier molecular flexibility index (Phi) is 3.83. The quantitative estimate of drug-likeness (QED) is 0.686. The van der Waals surface area contributed by atoms with Crippen LogP contribution in [0.5, 0.6) is 0 Å². The Balaban J connectivity index is 3.59. The second-order valence-electron chi connectivity index (χ2n) is 2.31. The normalized spacial score (nSPS) is 10.1. The Labute approximate surface area is 104 Å². The highest BCUT2D eigenvalue weighted by molar-refractivity contribution is 7.80. The van der Waals surface area contributed by atoms with Crippen LogP contribution in [0.4, 0.5) is 0 Å². The average Bonchev–Trinajstić information content (AvgIpc) is 2.42. The second-order valence-corrected chi connectivity index (χ2v) is 3.74. The van der Waals surface area contributed by atoms with Crippen LogP contribution in [-0.2, 0) is 0 Å². The zero-order valence-electron chi connectivity index (χ0n) is 6.71. The lowest BCUT2D eigenvalue weighted by Crippen LogP contribution is -2.02. The lowest BCUT2D eigenvalue weighted by molar-refractivity contribution is 0.102. The summed E-state index contributed by atoms with van der Waals surface area (Å²) >= 11 is 19.2. The third-order valence-corrected chi connectivity index (χ3v) is 2.33. The smallest absolute Gasteiger partial charge is 0.288 e. The largest absolute Gasteiger partial charge is 0.444 e. The Morgan fingerprint density at radius 3 is 1.73 bits per heavy atom. The van der Waals surface area contributed by atoms with Crippen molar-refractivity contribution in [3.05, 3.63) is 16.9 Å². The molecule has 0 amide bonds. The van der Waals surface area contributed by atoms with Gasteiger partial charge in [0.25, 0.3) is 15.7 Å². The minimum Gasteiger partial charge on any atom is -0.444 e. The van der Waals surface area contributed by atoms with Crippen molar-refractivity contribution in [2.75, 3.05) is 0 Å². The van der Waals surface area contributed by atoms with Crippen LogP contribution in [0.15, 0.2) is 9.51 Å². The van der Waals surface area contributed by atoms with Crippen molar-refractivity contribution in [1.82, 2.24) is 0 Å². The van der Waals surface area contributed by atoms with Crippen molar-refractivity contribution in [2.45, 2.75) is 5.09 Å². The summed E-state index contributed by atoms with van der Waals surface area (Å²) in [6.45, 7) is 0. The summed E-state index contributed by atoms with van der Waals surface area (Å²) < 4.78 is 4.70. The Bertz CT molecular complexity index is 465. The van der Waals surface area contributed by atoms with E-state index in [-0.39, 0.29) is 10.7 Å². The number of furan rings is 1. The summed E-state index contributed by atoms with van der Waals surface area (Å²) in [6, 6.07) is 0. The molecule has 1 rings (SSSR count). The standard InChI is InChI=1S/C7HCl3O4S/c8-4(11)1-2(5(9)12)7(15)14-3(1)6(10)13/h15H. The van der Waals surface area contributed by atoms with E-state index < -0.39 is 27.1 Å². The maximum absolute atomic E-state index is 11.0. The van der Waals surface area contributed by atoms with Gasteiger partial charge in [0.1, 0.15) is 0 Å². The zero-order valence-corrected chi connectivity index (χ0v) is 9.88.